The molecule has 1 aromatic carbocycles. The molecular weight excluding hydrogens is 354 g/mol. The molecule has 1 saturated carbocycles. The fourth-order valence-electron chi connectivity index (χ4n) is 4.67. The summed E-state index contributed by atoms with van der Waals surface area (Å²) in [6, 6.07) is 4.41. The first-order valence-corrected chi connectivity index (χ1v) is 10.5. The maximum Gasteiger partial charge on any atom is 0.310 e. The van der Waals surface area contributed by atoms with Crippen molar-refractivity contribution in [3.8, 4) is 0 Å². The Hall–Kier alpha value is -2.30. The van der Waals surface area contributed by atoms with E-state index < -0.39 is 5.97 Å². The van der Waals surface area contributed by atoms with E-state index in [1.54, 1.807) is 6.26 Å². The van der Waals surface area contributed by atoms with Crippen LogP contribution in [0.3, 0.4) is 0 Å². The highest BCUT2D eigenvalue weighted by Crippen LogP contribution is 2.31. The Kier molecular flexibility index (Phi) is 5.42. The molecule has 1 N–H and O–H groups in total. The monoisotopic (exact) mass is 383 g/mol. The van der Waals surface area contributed by atoms with E-state index in [2.05, 4.69) is 31.3 Å². The second kappa shape index (κ2) is 7.98. The summed E-state index contributed by atoms with van der Waals surface area (Å²) in [6.45, 7) is 4.19. The van der Waals surface area contributed by atoms with Gasteiger partial charge in [0, 0.05) is 17.0 Å². The first kappa shape index (κ1) is 19.0. The number of fused-ring (bicyclic) bond motifs is 2. The predicted molar refractivity (Wildman–Crippen MR) is 107 cm³/mol. The van der Waals surface area contributed by atoms with Gasteiger partial charge in [-0.15, -0.1) is 0 Å². The third-order valence-corrected chi connectivity index (χ3v) is 6.62. The van der Waals surface area contributed by atoms with Gasteiger partial charge in [0.25, 0.3) is 5.91 Å². The number of carbonyl (C=O) groups is 2. The van der Waals surface area contributed by atoms with Crippen LogP contribution in [-0.2, 0) is 33.6 Å². The minimum absolute atomic E-state index is 0.121. The first-order chi connectivity index (χ1) is 13.5. The molecule has 5 nitrogen and oxygen atoms in total. The van der Waals surface area contributed by atoms with E-state index in [0.717, 1.165) is 42.2 Å². The molecule has 1 aromatic heterocycles. The van der Waals surface area contributed by atoms with Crippen molar-refractivity contribution in [2.75, 3.05) is 6.61 Å². The quantitative estimate of drug-likeness (QED) is 0.794. The largest absolute Gasteiger partial charge is 0.464 e. The van der Waals surface area contributed by atoms with Crippen molar-refractivity contribution in [1.82, 2.24) is 5.32 Å². The van der Waals surface area contributed by atoms with Crippen molar-refractivity contribution < 1.29 is 18.7 Å². The molecule has 5 heteroatoms. The molecule has 3 atom stereocenters. The molecule has 1 fully saturated rings. The van der Waals surface area contributed by atoms with E-state index in [4.69, 9.17) is 9.15 Å². The van der Waals surface area contributed by atoms with Crippen LogP contribution < -0.4 is 5.32 Å². The molecule has 150 valence electrons. The van der Waals surface area contributed by atoms with E-state index in [1.807, 2.05) is 0 Å². The lowest BCUT2D eigenvalue weighted by Gasteiger charge is -2.34. The van der Waals surface area contributed by atoms with Crippen molar-refractivity contribution in [3.63, 3.8) is 0 Å². The Labute approximate surface area is 165 Å². The smallest absolute Gasteiger partial charge is 0.310 e. The number of carbonyl (C=O) groups excluding carboxylic acids is 2. The van der Waals surface area contributed by atoms with Gasteiger partial charge in [-0.05, 0) is 60.8 Å². The number of nitrogens with one attached hydrogen (secondary N) is 1. The third-order valence-electron chi connectivity index (χ3n) is 6.62. The van der Waals surface area contributed by atoms with Crippen molar-refractivity contribution in [2.45, 2.75) is 64.8 Å². The van der Waals surface area contributed by atoms with Crippen LogP contribution in [0.4, 0.5) is 0 Å². The first-order valence-electron chi connectivity index (χ1n) is 10.5. The standard InChI is InChI=1S/C23H29NO4/c1-14-5-3-8-20(15(14)2)24-22(25)13-28-23(26)11-18-12-27-21-10-17-7-4-6-16(17)9-19(18)21/h9-10,12,14-15,20H,3-8,11,13H2,1-2H3,(H,24,25)/t14-,15-,20+/m1/s1. The molecule has 2 aliphatic rings. The second-order valence-corrected chi connectivity index (χ2v) is 8.51. The number of ether oxygens (including phenoxy) is 1. The molecule has 4 rings (SSSR count). The number of benzene rings is 1. The Morgan fingerprint density at radius 3 is 2.75 bits per heavy atom. The molecule has 2 aliphatic carbocycles. The van der Waals surface area contributed by atoms with Gasteiger partial charge in [-0.25, -0.2) is 0 Å². The van der Waals surface area contributed by atoms with Crippen molar-refractivity contribution in [1.29, 1.82) is 0 Å². The van der Waals surface area contributed by atoms with Crippen molar-refractivity contribution in [3.05, 3.63) is 35.1 Å². The summed E-state index contributed by atoms with van der Waals surface area (Å²) in [5.41, 5.74) is 4.34. The van der Waals surface area contributed by atoms with Crippen LogP contribution in [0.5, 0.6) is 0 Å². The number of aryl methyl sites for hydroxylation is 2. The number of hydrogen-bond donors (Lipinski definition) is 1. The van der Waals surface area contributed by atoms with Crippen molar-refractivity contribution >= 4 is 22.8 Å². The lowest BCUT2D eigenvalue weighted by Crippen LogP contribution is -2.45. The Morgan fingerprint density at radius 2 is 1.93 bits per heavy atom. The SMILES string of the molecule is C[C@@H]1[C@H](C)CCC[C@@H]1NC(=O)COC(=O)Cc1coc2cc3c(cc12)CCC3. The van der Waals surface area contributed by atoms with Gasteiger partial charge in [0.2, 0.25) is 0 Å². The van der Waals surface area contributed by atoms with Gasteiger partial charge in [-0.2, -0.15) is 0 Å². The lowest BCUT2D eigenvalue weighted by molar-refractivity contribution is -0.148. The molecule has 2 aromatic rings. The van der Waals surface area contributed by atoms with Gasteiger partial charge in [0.05, 0.1) is 12.7 Å². The molecule has 0 bridgehead atoms. The van der Waals surface area contributed by atoms with E-state index in [0.29, 0.717) is 11.8 Å². The second-order valence-electron chi connectivity index (χ2n) is 8.51. The molecule has 1 heterocycles. The molecule has 0 aliphatic heterocycles. The maximum atomic E-state index is 12.3. The highest BCUT2D eigenvalue weighted by molar-refractivity contribution is 5.88. The van der Waals surface area contributed by atoms with Crippen LogP contribution in [0.15, 0.2) is 22.8 Å². The van der Waals surface area contributed by atoms with Crippen LogP contribution in [-0.4, -0.2) is 24.5 Å². The van der Waals surface area contributed by atoms with E-state index in [1.165, 1.54) is 24.0 Å². The molecule has 0 spiro atoms. The zero-order valence-corrected chi connectivity index (χ0v) is 16.8. The molecule has 28 heavy (non-hydrogen) atoms. The van der Waals surface area contributed by atoms with Gasteiger partial charge in [0.15, 0.2) is 6.61 Å². The fraction of sp³-hybridized carbons (Fsp3) is 0.565. The summed E-state index contributed by atoms with van der Waals surface area (Å²) >= 11 is 0. The molecule has 0 radical (unpaired) electrons. The van der Waals surface area contributed by atoms with Gasteiger partial charge >= 0.3 is 5.97 Å². The van der Waals surface area contributed by atoms with Gasteiger partial charge < -0.3 is 14.5 Å². The summed E-state index contributed by atoms with van der Waals surface area (Å²) < 4.78 is 10.9. The third kappa shape index (κ3) is 3.94. The average molecular weight is 383 g/mol. The van der Waals surface area contributed by atoms with Crippen LogP contribution in [0.1, 0.15) is 56.2 Å². The van der Waals surface area contributed by atoms with Crippen LogP contribution in [0.2, 0.25) is 0 Å². The van der Waals surface area contributed by atoms with Crippen LogP contribution in [0, 0.1) is 11.8 Å². The number of rotatable bonds is 5. The van der Waals surface area contributed by atoms with Crippen LogP contribution in [0.25, 0.3) is 11.0 Å². The summed E-state index contributed by atoms with van der Waals surface area (Å²) in [6.07, 6.45) is 8.44. The fourth-order valence-corrected chi connectivity index (χ4v) is 4.67. The minimum atomic E-state index is -0.400. The summed E-state index contributed by atoms with van der Waals surface area (Å²) in [4.78, 5) is 24.5. The highest BCUT2D eigenvalue weighted by atomic mass is 16.5. The van der Waals surface area contributed by atoms with Crippen LogP contribution >= 0.6 is 0 Å². The van der Waals surface area contributed by atoms with Gasteiger partial charge in [-0.1, -0.05) is 26.7 Å². The molecule has 0 unspecified atom stereocenters. The average Bonchev–Trinajstić information content (AvgIpc) is 3.28. The summed E-state index contributed by atoms with van der Waals surface area (Å²) in [7, 11) is 0. The summed E-state index contributed by atoms with van der Waals surface area (Å²) in [5, 5.41) is 4.02. The lowest BCUT2D eigenvalue weighted by atomic mass is 9.78. The van der Waals surface area contributed by atoms with Crippen molar-refractivity contribution in [2.24, 2.45) is 11.8 Å². The summed E-state index contributed by atoms with van der Waals surface area (Å²) in [5.74, 6) is 0.447. The van der Waals surface area contributed by atoms with Gasteiger partial charge in [-0.3, -0.25) is 9.59 Å². The molecule has 0 saturated heterocycles. The zero-order chi connectivity index (χ0) is 19.7. The minimum Gasteiger partial charge on any atom is -0.464 e. The number of amides is 1. The number of hydrogen-bond acceptors (Lipinski definition) is 4. The van der Waals surface area contributed by atoms with E-state index >= 15 is 0 Å². The number of furan rings is 1. The highest BCUT2D eigenvalue weighted by Gasteiger charge is 2.28. The Balaban J connectivity index is 1.31. The topological polar surface area (TPSA) is 68.5 Å². The normalized spacial score (nSPS) is 24.1. The van der Waals surface area contributed by atoms with E-state index in [-0.39, 0.29) is 25.0 Å². The van der Waals surface area contributed by atoms with Gasteiger partial charge in [0.1, 0.15) is 5.58 Å². The predicted octanol–water partition coefficient (Wildman–Crippen LogP) is 3.95. The zero-order valence-electron chi connectivity index (χ0n) is 16.8. The van der Waals surface area contributed by atoms with E-state index in [9.17, 15) is 9.59 Å². The Morgan fingerprint density at radius 1 is 1.14 bits per heavy atom. The number of esters is 1. The molecule has 1 amide bonds. The molecular formula is C23H29NO4. The Bertz CT molecular complexity index is 884. The maximum absolute atomic E-state index is 12.3.